The van der Waals surface area contributed by atoms with Crippen molar-refractivity contribution in [3.63, 3.8) is 0 Å². The molecule has 10 nitrogen and oxygen atoms in total. The van der Waals surface area contributed by atoms with E-state index in [9.17, 15) is 22.8 Å². The van der Waals surface area contributed by atoms with Gasteiger partial charge in [-0.05, 0) is 31.5 Å². The number of rotatable bonds is 8. The van der Waals surface area contributed by atoms with Gasteiger partial charge in [-0.15, -0.1) is 0 Å². The summed E-state index contributed by atoms with van der Waals surface area (Å²) in [6.07, 6.45) is 0.422. The molecule has 1 aliphatic rings. The van der Waals surface area contributed by atoms with Gasteiger partial charge in [0.2, 0.25) is 10.0 Å². The highest BCUT2D eigenvalue weighted by Gasteiger charge is 2.46. The molecular formula is C16H21N3O7S. The third-order valence-electron chi connectivity index (χ3n) is 4.18. The van der Waals surface area contributed by atoms with Crippen LogP contribution in [0, 0.1) is 0 Å². The molecule has 0 radical (unpaired) electrons. The molecule has 1 atom stereocenters. The number of aliphatic carboxylic acids is 1. The number of hydrogen-bond donors (Lipinski definition) is 3. The number of carboxylic acid groups (broad SMARTS) is 1. The normalized spacial score (nSPS) is 19.7. The Morgan fingerprint density at radius 2 is 2.00 bits per heavy atom. The molecule has 1 unspecified atom stereocenters. The number of imide groups is 1. The first-order valence-corrected chi connectivity index (χ1v) is 9.54. The Hall–Kier alpha value is -2.66. The van der Waals surface area contributed by atoms with E-state index in [1.54, 1.807) is 6.92 Å². The van der Waals surface area contributed by atoms with Gasteiger partial charge in [-0.25, -0.2) is 13.2 Å². The zero-order chi connectivity index (χ0) is 20.4. The lowest BCUT2D eigenvalue weighted by molar-refractivity contribution is -0.137. The molecule has 1 heterocycles. The first-order chi connectivity index (χ1) is 12.6. The monoisotopic (exact) mass is 399 g/mol. The number of hydrogen-bond acceptors (Lipinski definition) is 6. The highest BCUT2D eigenvalue weighted by molar-refractivity contribution is 7.89. The molecule has 1 aromatic rings. The summed E-state index contributed by atoms with van der Waals surface area (Å²) < 4.78 is 31.9. The summed E-state index contributed by atoms with van der Waals surface area (Å²) in [5.74, 6) is -1.74. The van der Waals surface area contributed by atoms with E-state index in [0.29, 0.717) is 6.42 Å². The first kappa shape index (κ1) is 20.6. The Morgan fingerprint density at radius 3 is 2.48 bits per heavy atom. The van der Waals surface area contributed by atoms with Gasteiger partial charge in [0, 0.05) is 12.1 Å². The van der Waals surface area contributed by atoms with E-state index in [-0.39, 0.29) is 22.8 Å². The first-order valence-electron chi connectivity index (χ1n) is 8.10. The van der Waals surface area contributed by atoms with E-state index in [2.05, 4.69) is 10.6 Å². The van der Waals surface area contributed by atoms with Gasteiger partial charge in [0.05, 0.1) is 12.0 Å². The number of urea groups is 1. The molecule has 0 saturated carbocycles. The largest absolute Gasteiger partial charge is 0.496 e. The van der Waals surface area contributed by atoms with E-state index in [1.165, 1.54) is 32.2 Å². The average molecular weight is 399 g/mol. The second-order valence-electron chi connectivity index (χ2n) is 6.13. The number of methoxy groups -OCH3 is 1. The average Bonchev–Trinajstić information content (AvgIpc) is 2.86. The molecule has 27 heavy (non-hydrogen) atoms. The van der Waals surface area contributed by atoms with Crippen molar-refractivity contribution in [2.45, 2.75) is 30.7 Å². The van der Waals surface area contributed by atoms with Crippen LogP contribution in [0.15, 0.2) is 23.1 Å². The summed E-state index contributed by atoms with van der Waals surface area (Å²) in [5, 5.41) is 13.6. The number of sulfonamides is 1. The van der Waals surface area contributed by atoms with Gasteiger partial charge in [0.25, 0.3) is 5.91 Å². The fourth-order valence-corrected chi connectivity index (χ4v) is 4.31. The molecule has 3 amide bonds. The van der Waals surface area contributed by atoms with Crippen molar-refractivity contribution in [1.82, 2.24) is 14.9 Å². The van der Waals surface area contributed by atoms with Crippen molar-refractivity contribution in [2.75, 3.05) is 20.2 Å². The standard InChI is InChI=1S/C16H21N3O7S/c1-4-7-19(9-13(20)21)27(24,25)10-5-6-12(26-3)11(8-10)16(2)14(22)17-15(23)18-16/h5-6,8H,4,7,9H2,1-3H3,(H,20,21)(H2,17,18,22,23). The minimum atomic E-state index is -4.14. The van der Waals surface area contributed by atoms with E-state index in [1.807, 2.05) is 0 Å². The van der Waals surface area contributed by atoms with Gasteiger partial charge in [0.15, 0.2) is 0 Å². The highest BCUT2D eigenvalue weighted by Crippen LogP contribution is 2.34. The quantitative estimate of drug-likeness (QED) is 0.531. The molecule has 148 valence electrons. The van der Waals surface area contributed by atoms with Crippen LogP contribution in [0.1, 0.15) is 25.8 Å². The number of ether oxygens (including phenoxy) is 1. The van der Waals surface area contributed by atoms with Gasteiger partial charge < -0.3 is 15.2 Å². The Labute approximate surface area is 156 Å². The van der Waals surface area contributed by atoms with Crippen LogP contribution in [-0.4, -0.2) is 55.9 Å². The predicted molar refractivity (Wildman–Crippen MR) is 93.7 cm³/mol. The Morgan fingerprint density at radius 1 is 1.33 bits per heavy atom. The molecule has 0 spiro atoms. The molecular weight excluding hydrogens is 378 g/mol. The fraction of sp³-hybridized carbons (Fsp3) is 0.438. The van der Waals surface area contributed by atoms with Crippen LogP contribution >= 0.6 is 0 Å². The number of nitrogens with one attached hydrogen (secondary N) is 2. The van der Waals surface area contributed by atoms with Crippen LogP contribution in [0.5, 0.6) is 5.75 Å². The van der Waals surface area contributed by atoms with Gasteiger partial charge in [-0.3, -0.25) is 14.9 Å². The number of carboxylic acids is 1. The summed E-state index contributed by atoms with van der Waals surface area (Å²) in [6.45, 7) is 2.47. The lowest BCUT2D eigenvalue weighted by Gasteiger charge is -2.25. The van der Waals surface area contributed by atoms with E-state index >= 15 is 0 Å². The summed E-state index contributed by atoms with van der Waals surface area (Å²) >= 11 is 0. The molecule has 1 aliphatic heterocycles. The number of benzene rings is 1. The van der Waals surface area contributed by atoms with Crippen molar-refractivity contribution in [3.8, 4) is 5.75 Å². The summed E-state index contributed by atoms with van der Waals surface area (Å²) in [4.78, 5) is 34.6. The topological polar surface area (TPSA) is 142 Å². The van der Waals surface area contributed by atoms with Gasteiger partial charge in [0.1, 0.15) is 17.8 Å². The van der Waals surface area contributed by atoms with Crippen molar-refractivity contribution in [1.29, 1.82) is 0 Å². The summed E-state index contributed by atoms with van der Waals surface area (Å²) in [5.41, 5.74) is -1.39. The smallest absolute Gasteiger partial charge is 0.322 e. The Kier molecular flexibility index (Phi) is 5.76. The Bertz CT molecular complexity index is 884. The van der Waals surface area contributed by atoms with Crippen molar-refractivity contribution >= 4 is 27.9 Å². The van der Waals surface area contributed by atoms with Gasteiger partial charge >= 0.3 is 12.0 Å². The third-order valence-corrected chi connectivity index (χ3v) is 6.02. The van der Waals surface area contributed by atoms with Crippen molar-refractivity contribution < 1.29 is 32.6 Å². The SMILES string of the molecule is CCCN(CC(=O)O)S(=O)(=O)c1ccc(OC)c(C2(C)NC(=O)NC2=O)c1. The molecule has 0 aromatic heterocycles. The Balaban J connectivity index is 2.58. The van der Waals surface area contributed by atoms with Crippen LogP contribution in [-0.2, 0) is 25.2 Å². The lowest BCUT2D eigenvalue weighted by atomic mass is 9.91. The fourth-order valence-electron chi connectivity index (χ4n) is 2.80. The second kappa shape index (κ2) is 7.53. The molecule has 3 N–H and O–H groups in total. The zero-order valence-electron chi connectivity index (χ0n) is 15.1. The van der Waals surface area contributed by atoms with Gasteiger partial charge in [-0.2, -0.15) is 4.31 Å². The molecule has 0 bridgehead atoms. The maximum Gasteiger partial charge on any atom is 0.322 e. The van der Waals surface area contributed by atoms with Crippen LogP contribution in [0.4, 0.5) is 4.79 Å². The molecule has 11 heteroatoms. The van der Waals surface area contributed by atoms with E-state index in [4.69, 9.17) is 9.84 Å². The minimum Gasteiger partial charge on any atom is -0.496 e. The number of carbonyl (C=O) groups is 3. The maximum absolute atomic E-state index is 12.9. The third kappa shape index (κ3) is 3.88. The van der Waals surface area contributed by atoms with Crippen LogP contribution < -0.4 is 15.4 Å². The number of nitrogens with zero attached hydrogens (tertiary/aromatic N) is 1. The number of carbonyl (C=O) groups excluding carboxylic acids is 2. The number of amides is 3. The van der Waals surface area contributed by atoms with Gasteiger partial charge in [-0.1, -0.05) is 6.92 Å². The van der Waals surface area contributed by atoms with E-state index in [0.717, 1.165) is 4.31 Å². The summed E-state index contributed by atoms with van der Waals surface area (Å²) in [7, 11) is -2.79. The van der Waals surface area contributed by atoms with Crippen LogP contribution in [0.25, 0.3) is 0 Å². The summed E-state index contributed by atoms with van der Waals surface area (Å²) in [6, 6.07) is 3.12. The molecule has 1 saturated heterocycles. The second-order valence-corrected chi connectivity index (χ2v) is 8.07. The van der Waals surface area contributed by atoms with Crippen LogP contribution in [0.2, 0.25) is 0 Å². The van der Waals surface area contributed by atoms with Crippen LogP contribution in [0.3, 0.4) is 0 Å². The molecule has 1 fully saturated rings. The molecule has 2 rings (SSSR count). The van der Waals surface area contributed by atoms with Crippen molar-refractivity contribution in [3.05, 3.63) is 23.8 Å². The molecule has 1 aromatic carbocycles. The molecule has 0 aliphatic carbocycles. The minimum absolute atomic E-state index is 0.0183. The van der Waals surface area contributed by atoms with Crippen molar-refractivity contribution in [2.24, 2.45) is 0 Å². The lowest BCUT2D eigenvalue weighted by Crippen LogP contribution is -2.41. The highest BCUT2D eigenvalue weighted by atomic mass is 32.2. The zero-order valence-corrected chi connectivity index (χ0v) is 15.9. The van der Waals surface area contributed by atoms with E-state index < -0.39 is 40.0 Å². The maximum atomic E-state index is 12.9. The predicted octanol–water partition coefficient (Wildman–Crippen LogP) is 0.235.